The summed E-state index contributed by atoms with van der Waals surface area (Å²) in [5, 5.41) is 0. The predicted molar refractivity (Wildman–Crippen MR) is 33.6 cm³/mol. The Morgan fingerprint density at radius 3 is 2.86 bits per heavy atom. The molecule has 0 aliphatic carbocycles. The van der Waals surface area contributed by atoms with Crippen molar-refractivity contribution in [1.82, 2.24) is 0 Å². The third-order valence-corrected chi connectivity index (χ3v) is 1.68. The van der Waals surface area contributed by atoms with Crippen LogP contribution in [0.25, 0.3) is 0 Å². The maximum absolute atomic E-state index is 4.74. The average Bonchev–Trinajstić information content (AvgIpc) is 2.14. The second-order valence-corrected chi connectivity index (χ2v) is 2.25. The molecule has 3 heteroatoms. The zero-order chi connectivity index (χ0) is 5.11. The van der Waals surface area contributed by atoms with Crippen LogP contribution in [-0.2, 0) is 0 Å². The van der Waals surface area contributed by atoms with Gasteiger partial charge in [0.2, 0.25) is 0 Å². The molecule has 0 unspecified atom stereocenters. The smallest absolute Gasteiger partial charge is 0.105 e. The van der Waals surface area contributed by atoms with Crippen molar-refractivity contribution < 1.29 is 4.42 Å². The molecule has 0 saturated heterocycles. The first-order valence-electron chi connectivity index (χ1n) is 1.77. The number of hydrogen-bond donors (Lipinski definition) is 1. The van der Waals surface area contributed by atoms with E-state index in [4.69, 9.17) is 4.42 Å². The highest BCUT2D eigenvalue weighted by atomic mass is 33.1. The van der Waals surface area contributed by atoms with E-state index in [9.17, 15) is 0 Å². The minimum absolute atomic E-state index is 1.04. The SMILES string of the molecule is SSc1ccoc1. The number of rotatable bonds is 1. The van der Waals surface area contributed by atoms with E-state index in [-0.39, 0.29) is 0 Å². The van der Waals surface area contributed by atoms with Gasteiger partial charge in [0.05, 0.1) is 11.2 Å². The maximum atomic E-state index is 4.74. The van der Waals surface area contributed by atoms with Gasteiger partial charge < -0.3 is 4.42 Å². The highest BCUT2D eigenvalue weighted by Crippen LogP contribution is 2.20. The maximum Gasteiger partial charge on any atom is 0.105 e. The molecule has 0 radical (unpaired) electrons. The summed E-state index contributed by atoms with van der Waals surface area (Å²) in [5.41, 5.74) is 0. The summed E-state index contributed by atoms with van der Waals surface area (Å²) >= 11 is 3.93. The first-order chi connectivity index (χ1) is 3.43. The van der Waals surface area contributed by atoms with Crippen molar-refractivity contribution in [1.29, 1.82) is 0 Å². The molecule has 0 aliphatic rings. The van der Waals surface area contributed by atoms with E-state index in [1.54, 1.807) is 12.5 Å². The largest absolute Gasteiger partial charge is 0.471 e. The van der Waals surface area contributed by atoms with Gasteiger partial charge in [-0.3, -0.25) is 0 Å². The topological polar surface area (TPSA) is 13.1 Å². The van der Waals surface area contributed by atoms with Crippen molar-refractivity contribution in [3.05, 3.63) is 18.6 Å². The Bertz CT molecular complexity index is 124. The molecule has 0 bridgehead atoms. The molecule has 0 atom stereocenters. The molecular formula is C4H4OS2. The van der Waals surface area contributed by atoms with Gasteiger partial charge in [-0.15, -0.1) is 11.7 Å². The molecule has 0 aromatic carbocycles. The Morgan fingerprint density at radius 1 is 1.71 bits per heavy atom. The van der Waals surface area contributed by atoms with Gasteiger partial charge >= 0.3 is 0 Å². The second kappa shape index (κ2) is 2.33. The fraction of sp³-hybridized carbons (Fsp3) is 0. The number of thiol groups is 1. The molecular weight excluding hydrogens is 128 g/mol. The summed E-state index contributed by atoms with van der Waals surface area (Å²) in [5.74, 6) is 0. The summed E-state index contributed by atoms with van der Waals surface area (Å²) in [6.07, 6.45) is 3.27. The van der Waals surface area contributed by atoms with Gasteiger partial charge in [0.15, 0.2) is 0 Å². The quantitative estimate of drug-likeness (QED) is 0.465. The van der Waals surface area contributed by atoms with Crippen LogP contribution in [0.4, 0.5) is 0 Å². The summed E-state index contributed by atoms with van der Waals surface area (Å²) < 4.78 is 4.74. The molecule has 0 fully saturated rings. The predicted octanol–water partition coefficient (Wildman–Crippen LogP) is 2.22. The second-order valence-electron chi connectivity index (χ2n) is 1.05. The molecule has 0 amide bonds. The molecule has 7 heavy (non-hydrogen) atoms. The van der Waals surface area contributed by atoms with Gasteiger partial charge in [-0.2, -0.15) is 0 Å². The fourth-order valence-corrected chi connectivity index (χ4v) is 0.831. The Kier molecular flexibility index (Phi) is 1.70. The lowest BCUT2D eigenvalue weighted by Crippen LogP contribution is -1.44. The van der Waals surface area contributed by atoms with Gasteiger partial charge in [-0.25, -0.2) is 0 Å². The molecule has 1 aromatic rings. The monoisotopic (exact) mass is 132 g/mol. The Balaban J connectivity index is 2.76. The van der Waals surface area contributed by atoms with Crippen LogP contribution in [0.1, 0.15) is 0 Å². The zero-order valence-electron chi connectivity index (χ0n) is 3.50. The standard InChI is InChI=1S/C4H4OS2/c6-7-4-1-2-5-3-4/h1-3,6H. The van der Waals surface area contributed by atoms with Crippen molar-refractivity contribution >= 4 is 22.5 Å². The van der Waals surface area contributed by atoms with E-state index in [2.05, 4.69) is 11.7 Å². The Labute approximate surface area is 50.9 Å². The lowest BCUT2D eigenvalue weighted by Gasteiger charge is -1.75. The molecule has 1 nitrogen and oxygen atoms in total. The van der Waals surface area contributed by atoms with E-state index < -0.39 is 0 Å². The van der Waals surface area contributed by atoms with Crippen molar-refractivity contribution in [3.63, 3.8) is 0 Å². The third kappa shape index (κ3) is 1.17. The Morgan fingerprint density at radius 2 is 2.57 bits per heavy atom. The van der Waals surface area contributed by atoms with Crippen LogP contribution in [-0.4, -0.2) is 0 Å². The summed E-state index contributed by atoms with van der Waals surface area (Å²) in [7, 11) is 1.38. The fourth-order valence-electron chi connectivity index (χ4n) is 0.304. The first kappa shape index (κ1) is 5.12. The van der Waals surface area contributed by atoms with Crippen LogP contribution in [0.3, 0.4) is 0 Å². The molecule has 1 aromatic heterocycles. The Hall–Kier alpha value is -0.0200. The lowest BCUT2D eigenvalue weighted by atomic mass is 10.7. The van der Waals surface area contributed by atoms with Crippen LogP contribution in [0.2, 0.25) is 0 Å². The van der Waals surface area contributed by atoms with E-state index in [0.717, 1.165) is 4.90 Å². The number of furan rings is 1. The molecule has 0 N–H and O–H groups in total. The van der Waals surface area contributed by atoms with Crippen molar-refractivity contribution in [2.24, 2.45) is 0 Å². The van der Waals surface area contributed by atoms with Crippen molar-refractivity contribution in [2.45, 2.75) is 4.90 Å². The molecule has 0 saturated carbocycles. The van der Waals surface area contributed by atoms with Crippen LogP contribution >= 0.6 is 22.5 Å². The lowest BCUT2D eigenvalue weighted by molar-refractivity contribution is 0.562. The minimum Gasteiger partial charge on any atom is -0.471 e. The molecule has 1 heterocycles. The molecule has 38 valence electrons. The van der Waals surface area contributed by atoms with E-state index >= 15 is 0 Å². The van der Waals surface area contributed by atoms with Gasteiger partial charge in [0, 0.05) is 0 Å². The van der Waals surface area contributed by atoms with Gasteiger partial charge in [-0.1, -0.05) is 10.8 Å². The minimum atomic E-state index is 1.04. The summed E-state index contributed by atoms with van der Waals surface area (Å²) in [6, 6.07) is 1.86. The van der Waals surface area contributed by atoms with Crippen molar-refractivity contribution in [2.75, 3.05) is 0 Å². The van der Waals surface area contributed by atoms with Crippen LogP contribution < -0.4 is 0 Å². The normalized spacial score (nSPS) is 9.29. The summed E-state index contributed by atoms with van der Waals surface area (Å²) in [6.45, 7) is 0. The van der Waals surface area contributed by atoms with Crippen LogP contribution in [0, 0.1) is 0 Å². The van der Waals surface area contributed by atoms with E-state index in [0.29, 0.717) is 0 Å². The molecule has 1 rings (SSSR count). The van der Waals surface area contributed by atoms with Crippen LogP contribution in [0.5, 0.6) is 0 Å². The van der Waals surface area contributed by atoms with Gasteiger partial charge in [-0.05, 0) is 6.07 Å². The highest BCUT2D eigenvalue weighted by molar-refractivity contribution is 8.68. The molecule has 0 aliphatic heterocycles. The average molecular weight is 132 g/mol. The summed E-state index contributed by atoms with van der Waals surface area (Å²) in [4.78, 5) is 1.04. The third-order valence-electron chi connectivity index (χ3n) is 0.600. The van der Waals surface area contributed by atoms with E-state index in [1.165, 1.54) is 10.8 Å². The molecule has 0 spiro atoms. The van der Waals surface area contributed by atoms with Crippen molar-refractivity contribution in [3.8, 4) is 0 Å². The van der Waals surface area contributed by atoms with Crippen LogP contribution in [0.15, 0.2) is 27.9 Å². The first-order valence-corrected chi connectivity index (χ1v) is 3.64. The van der Waals surface area contributed by atoms with E-state index in [1.807, 2.05) is 6.07 Å². The zero-order valence-corrected chi connectivity index (χ0v) is 5.21. The van der Waals surface area contributed by atoms with Gasteiger partial charge in [0.1, 0.15) is 6.26 Å². The number of hydrogen-bond acceptors (Lipinski definition) is 3. The van der Waals surface area contributed by atoms with Gasteiger partial charge in [0.25, 0.3) is 0 Å². The highest BCUT2D eigenvalue weighted by Gasteiger charge is 1.85.